The number of carbonyl (C=O) groups excluding carboxylic acids is 2. The van der Waals surface area contributed by atoms with Gasteiger partial charge in [0.2, 0.25) is 5.91 Å². The molecule has 19 heavy (non-hydrogen) atoms. The van der Waals surface area contributed by atoms with E-state index in [2.05, 4.69) is 5.32 Å². The van der Waals surface area contributed by atoms with Crippen molar-refractivity contribution in [2.75, 3.05) is 45.8 Å². The van der Waals surface area contributed by atoms with Crippen molar-refractivity contribution in [3.05, 3.63) is 0 Å². The van der Waals surface area contributed by atoms with Crippen LogP contribution in [0.4, 0.5) is 4.79 Å². The number of fused-ring (bicyclic) bond motifs is 1. The molecule has 0 aliphatic carbocycles. The molecule has 0 aromatic carbocycles. The monoisotopic (exact) mass is 266 g/mol. The van der Waals surface area contributed by atoms with E-state index in [0.717, 1.165) is 45.6 Å². The first-order valence-corrected chi connectivity index (χ1v) is 7.30. The highest BCUT2D eigenvalue weighted by Crippen LogP contribution is 2.18. The largest absolute Gasteiger partial charge is 0.341 e. The van der Waals surface area contributed by atoms with Crippen LogP contribution in [-0.2, 0) is 4.79 Å². The van der Waals surface area contributed by atoms with E-state index in [4.69, 9.17) is 0 Å². The highest BCUT2D eigenvalue weighted by Gasteiger charge is 2.39. The SMILES string of the molecule is O=C(CN1CC2CNCCN2C1=O)N1CCCCC1. The van der Waals surface area contributed by atoms with E-state index >= 15 is 0 Å². The van der Waals surface area contributed by atoms with E-state index in [1.807, 2.05) is 9.80 Å². The molecule has 3 heterocycles. The summed E-state index contributed by atoms with van der Waals surface area (Å²) in [5.41, 5.74) is 0. The second-order valence-corrected chi connectivity index (χ2v) is 5.66. The van der Waals surface area contributed by atoms with Crippen LogP contribution in [0, 0.1) is 0 Å². The summed E-state index contributed by atoms with van der Waals surface area (Å²) in [6.45, 7) is 5.12. The van der Waals surface area contributed by atoms with Gasteiger partial charge in [0, 0.05) is 39.3 Å². The van der Waals surface area contributed by atoms with Gasteiger partial charge in [0.15, 0.2) is 0 Å². The number of rotatable bonds is 2. The van der Waals surface area contributed by atoms with Crippen LogP contribution in [0.1, 0.15) is 19.3 Å². The molecule has 1 atom stereocenters. The first kappa shape index (κ1) is 12.7. The van der Waals surface area contributed by atoms with E-state index in [1.165, 1.54) is 6.42 Å². The zero-order chi connectivity index (χ0) is 13.2. The van der Waals surface area contributed by atoms with Gasteiger partial charge in [-0.2, -0.15) is 0 Å². The van der Waals surface area contributed by atoms with Crippen molar-refractivity contribution >= 4 is 11.9 Å². The summed E-state index contributed by atoms with van der Waals surface area (Å²) >= 11 is 0. The second-order valence-electron chi connectivity index (χ2n) is 5.66. The number of hydrogen-bond acceptors (Lipinski definition) is 3. The van der Waals surface area contributed by atoms with Crippen molar-refractivity contribution in [3.63, 3.8) is 0 Å². The maximum absolute atomic E-state index is 12.2. The molecule has 3 aliphatic rings. The van der Waals surface area contributed by atoms with E-state index in [1.54, 1.807) is 4.90 Å². The molecule has 0 saturated carbocycles. The lowest BCUT2D eigenvalue weighted by Crippen LogP contribution is -2.50. The minimum Gasteiger partial charge on any atom is -0.341 e. The van der Waals surface area contributed by atoms with Gasteiger partial charge >= 0.3 is 6.03 Å². The minimum absolute atomic E-state index is 0.0388. The highest BCUT2D eigenvalue weighted by atomic mass is 16.2. The number of nitrogens with one attached hydrogen (secondary N) is 1. The van der Waals surface area contributed by atoms with Gasteiger partial charge in [-0.15, -0.1) is 0 Å². The maximum atomic E-state index is 12.2. The molecule has 0 bridgehead atoms. The van der Waals surface area contributed by atoms with Gasteiger partial charge in [0.1, 0.15) is 6.54 Å². The molecule has 0 spiro atoms. The number of piperazine rings is 1. The van der Waals surface area contributed by atoms with Crippen LogP contribution < -0.4 is 5.32 Å². The summed E-state index contributed by atoms with van der Waals surface area (Å²) in [4.78, 5) is 29.9. The van der Waals surface area contributed by atoms with Crippen LogP contribution in [0.15, 0.2) is 0 Å². The summed E-state index contributed by atoms with van der Waals surface area (Å²) in [6, 6.07) is 0.285. The van der Waals surface area contributed by atoms with Gasteiger partial charge in [0.25, 0.3) is 0 Å². The molecule has 3 fully saturated rings. The third-order valence-corrected chi connectivity index (χ3v) is 4.33. The second kappa shape index (κ2) is 5.36. The van der Waals surface area contributed by atoms with Crippen LogP contribution in [0.3, 0.4) is 0 Å². The third-order valence-electron chi connectivity index (χ3n) is 4.33. The smallest absolute Gasteiger partial charge is 0.320 e. The molecule has 1 unspecified atom stereocenters. The van der Waals surface area contributed by atoms with Gasteiger partial charge in [-0.05, 0) is 19.3 Å². The predicted molar refractivity (Wildman–Crippen MR) is 70.8 cm³/mol. The fourth-order valence-corrected chi connectivity index (χ4v) is 3.23. The van der Waals surface area contributed by atoms with Crippen LogP contribution in [0.25, 0.3) is 0 Å². The number of piperidine rings is 1. The van der Waals surface area contributed by atoms with Crippen LogP contribution in [0.5, 0.6) is 0 Å². The van der Waals surface area contributed by atoms with E-state index in [-0.39, 0.29) is 24.5 Å². The summed E-state index contributed by atoms with van der Waals surface area (Å²) in [7, 11) is 0. The Kier molecular flexibility index (Phi) is 3.59. The Morgan fingerprint density at radius 2 is 2.00 bits per heavy atom. The lowest BCUT2D eigenvalue weighted by atomic mass is 10.1. The molecule has 3 saturated heterocycles. The van der Waals surface area contributed by atoms with Crippen LogP contribution in [-0.4, -0.2) is 78.5 Å². The Labute approximate surface area is 113 Å². The van der Waals surface area contributed by atoms with Gasteiger partial charge in [-0.3, -0.25) is 4.79 Å². The van der Waals surface area contributed by atoms with Crippen molar-refractivity contribution < 1.29 is 9.59 Å². The minimum atomic E-state index is 0.0388. The van der Waals surface area contributed by atoms with E-state index in [0.29, 0.717) is 6.54 Å². The maximum Gasteiger partial charge on any atom is 0.320 e. The molecule has 3 aliphatic heterocycles. The highest BCUT2D eigenvalue weighted by molar-refractivity contribution is 5.85. The fourth-order valence-electron chi connectivity index (χ4n) is 3.23. The van der Waals surface area contributed by atoms with Gasteiger partial charge < -0.3 is 20.0 Å². The van der Waals surface area contributed by atoms with Crippen molar-refractivity contribution in [1.82, 2.24) is 20.0 Å². The standard InChI is InChI=1S/C13H22N4O2/c18-12(15-5-2-1-3-6-15)10-16-9-11-8-14-4-7-17(11)13(16)19/h11,14H,1-10H2. The normalized spacial score (nSPS) is 27.7. The Hall–Kier alpha value is -1.30. The molecule has 0 radical (unpaired) electrons. The average Bonchev–Trinajstić information content (AvgIpc) is 2.77. The predicted octanol–water partition coefficient (Wildman–Crippen LogP) is -0.292. The first-order chi connectivity index (χ1) is 9.25. The van der Waals surface area contributed by atoms with Crippen molar-refractivity contribution in [2.45, 2.75) is 25.3 Å². The van der Waals surface area contributed by atoms with Gasteiger partial charge in [0.05, 0.1) is 6.04 Å². The number of carbonyl (C=O) groups is 2. The van der Waals surface area contributed by atoms with E-state index < -0.39 is 0 Å². The van der Waals surface area contributed by atoms with Crippen LogP contribution in [0.2, 0.25) is 0 Å². The Morgan fingerprint density at radius 3 is 2.74 bits per heavy atom. The van der Waals surface area contributed by atoms with Crippen molar-refractivity contribution in [3.8, 4) is 0 Å². The number of nitrogens with zero attached hydrogens (tertiary/aromatic N) is 3. The average molecular weight is 266 g/mol. The number of hydrogen-bond donors (Lipinski definition) is 1. The fraction of sp³-hybridized carbons (Fsp3) is 0.846. The van der Waals surface area contributed by atoms with E-state index in [9.17, 15) is 9.59 Å². The zero-order valence-corrected chi connectivity index (χ0v) is 11.3. The lowest BCUT2D eigenvalue weighted by molar-refractivity contribution is -0.132. The lowest BCUT2D eigenvalue weighted by Gasteiger charge is -2.29. The number of urea groups is 1. The summed E-state index contributed by atoms with van der Waals surface area (Å²) in [5, 5.41) is 3.30. The van der Waals surface area contributed by atoms with Crippen LogP contribution >= 0.6 is 0 Å². The summed E-state index contributed by atoms with van der Waals surface area (Å²) in [6.07, 6.45) is 3.41. The molecule has 1 N–H and O–H groups in total. The summed E-state index contributed by atoms with van der Waals surface area (Å²) in [5.74, 6) is 0.112. The molecule has 6 nitrogen and oxygen atoms in total. The number of likely N-dealkylation sites (tertiary alicyclic amines) is 1. The number of amides is 3. The van der Waals surface area contributed by atoms with Crippen molar-refractivity contribution in [1.29, 1.82) is 0 Å². The molecule has 0 aromatic rings. The van der Waals surface area contributed by atoms with Gasteiger partial charge in [-0.1, -0.05) is 0 Å². The molecule has 3 amide bonds. The quantitative estimate of drug-likeness (QED) is 0.747. The molecule has 106 valence electrons. The summed E-state index contributed by atoms with van der Waals surface area (Å²) < 4.78 is 0. The third kappa shape index (κ3) is 2.54. The molecular weight excluding hydrogens is 244 g/mol. The Balaban J connectivity index is 1.57. The zero-order valence-electron chi connectivity index (χ0n) is 11.3. The Morgan fingerprint density at radius 1 is 1.21 bits per heavy atom. The molecular formula is C13H22N4O2. The van der Waals surface area contributed by atoms with Gasteiger partial charge in [-0.25, -0.2) is 4.79 Å². The molecule has 3 rings (SSSR count). The first-order valence-electron chi connectivity index (χ1n) is 7.30. The van der Waals surface area contributed by atoms with Crippen molar-refractivity contribution in [2.24, 2.45) is 0 Å². The Bertz CT molecular complexity index is 368. The molecule has 6 heteroatoms. The molecule has 0 aromatic heterocycles. The topological polar surface area (TPSA) is 55.9 Å².